The average molecular weight is 385 g/mol. The van der Waals surface area contributed by atoms with Crippen molar-refractivity contribution in [2.45, 2.75) is 59.2 Å². The van der Waals surface area contributed by atoms with Crippen LogP contribution in [0, 0.1) is 5.92 Å². The minimum absolute atomic E-state index is 0.0403. The number of aromatic nitrogens is 1. The van der Waals surface area contributed by atoms with Crippen LogP contribution in [0.25, 0.3) is 0 Å². The third-order valence-electron chi connectivity index (χ3n) is 3.26. The molecule has 2 atom stereocenters. The molecule has 0 aliphatic heterocycles. The Labute approximate surface area is 157 Å². The monoisotopic (exact) mass is 385 g/mol. The van der Waals surface area contributed by atoms with Gasteiger partial charge in [-0.1, -0.05) is 13.8 Å². The van der Waals surface area contributed by atoms with Gasteiger partial charge in [-0.3, -0.25) is 4.79 Å². The molecule has 0 bridgehead atoms. The zero-order valence-corrected chi connectivity index (χ0v) is 17.0. The maximum Gasteiger partial charge on any atom is 0.408 e. The summed E-state index contributed by atoms with van der Waals surface area (Å²) in [6.07, 6.45) is -0.545. The molecule has 1 rings (SSSR count). The van der Waals surface area contributed by atoms with E-state index in [1.807, 2.05) is 13.8 Å². The van der Waals surface area contributed by atoms with Crippen molar-refractivity contribution in [2.75, 3.05) is 7.11 Å². The molecule has 2 N–H and O–H groups in total. The van der Waals surface area contributed by atoms with E-state index >= 15 is 0 Å². The van der Waals surface area contributed by atoms with Gasteiger partial charge >= 0.3 is 12.1 Å². The van der Waals surface area contributed by atoms with Crippen LogP contribution in [-0.2, 0) is 14.3 Å². The van der Waals surface area contributed by atoms with E-state index in [-0.39, 0.29) is 11.6 Å². The van der Waals surface area contributed by atoms with E-state index in [2.05, 4.69) is 20.4 Å². The Morgan fingerprint density at radius 2 is 1.77 bits per heavy atom. The van der Waals surface area contributed by atoms with Gasteiger partial charge < -0.3 is 20.1 Å². The summed E-state index contributed by atoms with van der Waals surface area (Å²) in [6, 6.07) is -1.17. The molecule has 0 aliphatic rings. The Morgan fingerprint density at radius 3 is 2.27 bits per heavy atom. The number of nitrogens with one attached hydrogen (secondary N) is 2. The van der Waals surface area contributed by atoms with Gasteiger partial charge in [0.2, 0.25) is 0 Å². The van der Waals surface area contributed by atoms with Crippen LogP contribution in [0.15, 0.2) is 5.38 Å². The van der Waals surface area contributed by atoms with Gasteiger partial charge in [0.15, 0.2) is 0 Å². The number of hydrogen-bond acceptors (Lipinski definition) is 7. The SMILES string of the molecule is COC(=O)[C@@H](C)NC(=O)c1csc([C@H](NC(=O)OC(C)(C)C)C(C)C)n1. The second kappa shape index (κ2) is 8.98. The highest BCUT2D eigenvalue weighted by atomic mass is 32.1. The van der Waals surface area contributed by atoms with E-state index in [0.717, 1.165) is 0 Å². The van der Waals surface area contributed by atoms with E-state index in [1.165, 1.54) is 25.4 Å². The summed E-state index contributed by atoms with van der Waals surface area (Å²) >= 11 is 1.26. The van der Waals surface area contributed by atoms with Gasteiger partial charge in [0.05, 0.1) is 13.2 Å². The second-order valence-corrected chi connectivity index (χ2v) is 8.05. The lowest BCUT2D eigenvalue weighted by Gasteiger charge is -2.24. The molecule has 0 spiro atoms. The van der Waals surface area contributed by atoms with Crippen LogP contribution in [0.3, 0.4) is 0 Å². The number of esters is 1. The van der Waals surface area contributed by atoms with Crippen LogP contribution < -0.4 is 10.6 Å². The molecule has 1 aromatic rings. The summed E-state index contributed by atoms with van der Waals surface area (Å²) < 4.78 is 9.86. The molecule has 1 aromatic heterocycles. The van der Waals surface area contributed by atoms with Crippen molar-refractivity contribution >= 4 is 29.3 Å². The predicted molar refractivity (Wildman–Crippen MR) is 98.0 cm³/mol. The van der Waals surface area contributed by atoms with Crippen molar-refractivity contribution in [1.82, 2.24) is 15.6 Å². The first kappa shape index (κ1) is 21.9. The number of carbonyl (C=O) groups is 3. The van der Waals surface area contributed by atoms with Gasteiger partial charge in [0.25, 0.3) is 5.91 Å². The second-order valence-electron chi connectivity index (χ2n) is 7.16. The number of ether oxygens (including phenoxy) is 2. The largest absolute Gasteiger partial charge is 0.467 e. The molecule has 0 aliphatic carbocycles. The highest BCUT2D eigenvalue weighted by Crippen LogP contribution is 2.25. The Bertz CT molecular complexity index is 651. The summed E-state index contributed by atoms with van der Waals surface area (Å²) in [6.45, 7) is 10.7. The summed E-state index contributed by atoms with van der Waals surface area (Å²) in [5, 5.41) is 7.48. The van der Waals surface area contributed by atoms with Gasteiger partial charge in [-0.2, -0.15) is 0 Å². The maximum absolute atomic E-state index is 12.2. The molecule has 9 heteroatoms. The van der Waals surface area contributed by atoms with E-state index in [0.29, 0.717) is 5.01 Å². The van der Waals surface area contributed by atoms with Gasteiger partial charge in [0, 0.05) is 5.38 Å². The van der Waals surface area contributed by atoms with E-state index in [9.17, 15) is 14.4 Å². The predicted octanol–water partition coefficient (Wildman–Crippen LogP) is 2.66. The molecule has 1 heterocycles. The molecule has 0 aromatic carbocycles. The normalized spacial score (nSPS) is 13.7. The summed E-state index contributed by atoms with van der Waals surface area (Å²) in [5.41, 5.74) is -0.429. The van der Waals surface area contributed by atoms with Crippen LogP contribution in [0.2, 0.25) is 0 Å². The lowest BCUT2D eigenvalue weighted by Crippen LogP contribution is -2.39. The zero-order chi connectivity index (χ0) is 20.1. The maximum atomic E-state index is 12.2. The van der Waals surface area contributed by atoms with Crippen LogP contribution in [-0.4, -0.2) is 41.7 Å². The number of methoxy groups -OCH3 is 1. The summed E-state index contributed by atoms with van der Waals surface area (Å²) in [4.78, 5) is 40.0. The van der Waals surface area contributed by atoms with Crippen LogP contribution >= 0.6 is 11.3 Å². The fourth-order valence-corrected chi connectivity index (χ4v) is 3.01. The molecule has 2 amide bonds. The third-order valence-corrected chi connectivity index (χ3v) is 4.19. The number of amides is 2. The number of alkyl carbamates (subject to hydrolysis) is 1. The molecule has 26 heavy (non-hydrogen) atoms. The van der Waals surface area contributed by atoms with Gasteiger partial charge in [-0.15, -0.1) is 11.3 Å². The first-order valence-corrected chi connectivity index (χ1v) is 9.16. The highest BCUT2D eigenvalue weighted by molar-refractivity contribution is 7.09. The molecule has 0 saturated carbocycles. The molecule has 8 nitrogen and oxygen atoms in total. The average Bonchev–Trinajstić information content (AvgIpc) is 2.99. The fourth-order valence-electron chi connectivity index (χ4n) is 1.99. The Kier molecular flexibility index (Phi) is 7.55. The van der Waals surface area contributed by atoms with Gasteiger partial charge in [-0.05, 0) is 33.6 Å². The van der Waals surface area contributed by atoms with Crippen LogP contribution in [0.1, 0.15) is 63.1 Å². The molecular weight excluding hydrogens is 358 g/mol. The number of hydrogen-bond donors (Lipinski definition) is 2. The molecule has 146 valence electrons. The molecular formula is C17H27N3O5S. The third kappa shape index (κ3) is 6.62. The Balaban J connectivity index is 2.85. The number of carbonyl (C=O) groups excluding carboxylic acids is 3. The Morgan fingerprint density at radius 1 is 1.15 bits per heavy atom. The number of nitrogens with zero attached hydrogens (tertiary/aromatic N) is 1. The minimum Gasteiger partial charge on any atom is -0.467 e. The first-order valence-electron chi connectivity index (χ1n) is 8.28. The van der Waals surface area contributed by atoms with Gasteiger partial charge in [-0.25, -0.2) is 14.6 Å². The van der Waals surface area contributed by atoms with Crippen molar-refractivity contribution in [3.8, 4) is 0 Å². The van der Waals surface area contributed by atoms with Gasteiger partial charge in [0.1, 0.15) is 22.3 Å². The topological polar surface area (TPSA) is 107 Å². The van der Waals surface area contributed by atoms with E-state index < -0.39 is 35.7 Å². The van der Waals surface area contributed by atoms with Crippen molar-refractivity contribution in [2.24, 2.45) is 5.92 Å². The summed E-state index contributed by atoms with van der Waals surface area (Å²) in [7, 11) is 1.25. The zero-order valence-electron chi connectivity index (χ0n) is 16.2. The fraction of sp³-hybridized carbons (Fsp3) is 0.647. The van der Waals surface area contributed by atoms with Crippen molar-refractivity contribution in [3.63, 3.8) is 0 Å². The van der Waals surface area contributed by atoms with Crippen LogP contribution in [0.5, 0.6) is 0 Å². The first-order chi connectivity index (χ1) is 11.9. The molecule has 0 radical (unpaired) electrons. The molecule has 0 saturated heterocycles. The van der Waals surface area contributed by atoms with Crippen molar-refractivity contribution < 1.29 is 23.9 Å². The standard InChI is InChI=1S/C17H27N3O5S/c1-9(2)12(20-16(23)25-17(4,5)6)14-19-11(8-26-14)13(21)18-10(3)15(22)24-7/h8-10,12H,1-7H3,(H,18,21)(H,20,23)/t10-,12-/m1/s1. The highest BCUT2D eigenvalue weighted by Gasteiger charge is 2.26. The molecule has 0 fully saturated rings. The van der Waals surface area contributed by atoms with E-state index in [1.54, 1.807) is 26.2 Å². The smallest absolute Gasteiger partial charge is 0.408 e. The lowest BCUT2D eigenvalue weighted by atomic mass is 10.1. The lowest BCUT2D eigenvalue weighted by molar-refractivity contribution is -0.142. The van der Waals surface area contributed by atoms with Crippen molar-refractivity contribution in [3.05, 3.63) is 16.1 Å². The number of rotatable bonds is 6. The quantitative estimate of drug-likeness (QED) is 0.729. The molecule has 0 unspecified atom stereocenters. The Hall–Kier alpha value is -2.16. The van der Waals surface area contributed by atoms with E-state index in [4.69, 9.17) is 4.74 Å². The number of thiazole rings is 1. The summed E-state index contributed by atoms with van der Waals surface area (Å²) in [5.74, 6) is -0.982. The van der Waals surface area contributed by atoms with Crippen molar-refractivity contribution in [1.29, 1.82) is 0 Å². The minimum atomic E-state index is -0.779. The van der Waals surface area contributed by atoms with Crippen LogP contribution in [0.4, 0.5) is 4.79 Å².